The fraction of sp³-hybridized carbons (Fsp3) is 0.625. The highest BCUT2D eigenvalue weighted by Crippen LogP contribution is 2.32. The van der Waals surface area contributed by atoms with Gasteiger partial charge in [-0.1, -0.05) is 29.8 Å². The molecule has 0 N–H and O–H groups in total. The number of rotatable bonds is 5. The quantitative estimate of drug-likeness (QED) is 0.831. The maximum atomic E-state index is 5.49. The van der Waals surface area contributed by atoms with Gasteiger partial charge in [-0.05, 0) is 43.5 Å². The molecule has 2 rings (SSSR count). The van der Waals surface area contributed by atoms with E-state index < -0.39 is 0 Å². The number of nitrogens with zero attached hydrogens (tertiary/aromatic N) is 1. The van der Waals surface area contributed by atoms with Crippen LogP contribution < -0.4 is 0 Å². The maximum Gasteiger partial charge on any atom is 0.0472 e. The number of hydrogen-bond acceptors (Lipinski definition) is 3. The Morgan fingerprint density at radius 3 is 2.42 bits per heavy atom. The lowest BCUT2D eigenvalue weighted by molar-refractivity contribution is 0.0105. The molecule has 1 aliphatic rings. The van der Waals surface area contributed by atoms with Gasteiger partial charge in [0.25, 0.3) is 0 Å². The monoisotopic (exact) mass is 279 g/mol. The summed E-state index contributed by atoms with van der Waals surface area (Å²) in [6, 6.07) is 8.82. The van der Waals surface area contributed by atoms with Gasteiger partial charge in [0.15, 0.2) is 0 Å². The molecule has 1 heterocycles. The van der Waals surface area contributed by atoms with Gasteiger partial charge in [0.05, 0.1) is 0 Å². The molecular weight excluding hydrogens is 254 g/mol. The van der Waals surface area contributed by atoms with E-state index in [0.29, 0.717) is 5.41 Å². The summed E-state index contributed by atoms with van der Waals surface area (Å²) < 4.78 is 5.49. The molecule has 0 bridgehead atoms. The molecule has 3 heteroatoms. The summed E-state index contributed by atoms with van der Waals surface area (Å²) in [7, 11) is 2.21. The van der Waals surface area contributed by atoms with Crippen LogP contribution >= 0.6 is 12.6 Å². The van der Waals surface area contributed by atoms with Crippen molar-refractivity contribution in [3.8, 4) is 0 Å². The van der Waals surface area contributed by atoms with Crippen molar-refractivity contribution >= 4 is 12.6 Å². The van der Waals surface area contributed by atoms with Crippen molar-refractivity contribution in [2.75, 3.05) is 32.6 Å². The van der Waals surface area contributed by atoms with Gasteiger partial charge in [-0.25, -0.2) is 0 Å². The fourth-order valence-electron chi connectivity index (χ4n) is 2.80. The Kier molecular flexibility index (Phi) is 5.31. The van der Waals surface area contributed by atoms with Gasteiger partial charge in [-0.3, -0.25) is 0 Å². The van der Waals surface area contributed by atoms with E-state index in [1.807, 2.05) is 0 Å². The average molecular weight is 279 g/mol. The summed E-state index contributed by atoms with van der Waals surface area (Å²) in [5.41, 5.74) is 3.04. The topological polar surface area (TPSA) is 12.5 Å². The van der Waals surface area contributed by atoms with Crippen LogP contribution in [0.1, 0.15) is 24.0 Å². The van der Waals surface area contributed by atoms with Crippen LogP contribution in [-0.2, 0) is 11.3 Å². The van der Waals surface area contributed by atoms with E-state index in [0.717, 1.165) is 44.9 Å². The summed E-state index contributed by atoms with van der Waals surface area (Å²) in [4.78, 5) is 2.42. The molecule has 0 spiro atoms. The average Bonchev–Trinajstić information content (AvgIpc) is 2.42. The smallest absolute Gasteiger partial charge is 0.0472 e. The molecule has 1 saturated heterocycles. The van der Waals surface area contributed by atoms with Crippen LogP contribution in [-0.4, -0.2) is 37.5 Å². The minimum atomic E-state index is 0.334. The SMILES string of the molecule is Cc1ccc(CN(C)CC2(CS)CCOCC2)cc1. The molecule has 0 amide bonds. The van der Waals surface area contributed by atoms with E-state index in [2.05, 4.69) is 55.8 Å². The van der Waals surface area contributed by atoms with Gasteiger partial charge in [-0.15, -0.1) is 0 Å². The number of benzene rings is 1. The minimum Gasteiger partial charge on any atom is -0.381 e. The van der Waals surface area contributed by atoms with Crippen molar-refractivity contribution in [2.45, 2.75) is 26.3 Å². The lowest BCUT2D eigenvalue weighted by atomic mass is 9.81. The second-order valence-corrected chi connectivity index (χ2v) is 6.24. The van der Waals surface area contributed by atoms with Gasteiger partial charge in [0.1, 0.15) is 0 Å². The van der Waals surface area contributed by atoms with Crippen molar-refractivity contribution < 1.29 is 4.74 Å². The van der Waals surface area contributed by atoms with Crippen LogP contribution in [0, 0.1) is 12.3 Å². The van der Waals surface area contributed by atoms with E-state index in [1.165, 1.54) is 11.1 Å². The highest BCUT2D eigenvalue weighted by molar-refractivity contribution is 7.80. The number of thiol groups is 1. The van der Waals surface area contributed by atoms with Crippen LogP contribution in [0.15, 0.2) is 24.3 Å². The Morgan fingerprint density at radius 2 is 1.84 bits per heavy atom. The van der Waals surface area contributed by atoms with Crippen molar-refractivity contribution in [3.63, 3.8) is 0 Å². The Bertz CT molecular complexity index is 384. The van der Waals surface area contributed by atoms with Gasteiger partial charge in [0.2, 0.25) is 0 Å². The zero-order valence-corrected chi connectivity index (χ0v) is 13.0. The van der Waals surface area contributed by atoms with E-state index in [9.17, 15) is 0 Å². The molecule has 1 aliphatic heterocycles. The van der Waals surface area contributed by atoms with Crippen molar-refractivity contribution in [1.82, 2.24) is 4.90 Å². The molecule has 1 aromatic carbocycles. The van der Waals surface area contributed by atoms with Crippen molar-refractivity contribution in [2.24, 2.45) is 5.41 Å². The molecule has 0 radical (unpaired) electrons. The third kappa shape index (κ3) is 4.23. The molecule has 19 heavy (non-hydrogen) atoms. The number of hydrogen-bond donors (Lipinski definition) is 1. The van der Waals surface area contributed by atoms with Gasteiger partial charge in [0, 0.05) is 26.3 Å². The van der Waals surface area contributed by atoms with Crippen LogP contribution in [0.3, 0.4) is 0 Å². The lowest BCUT2D eigenvalue weighted by Gasteiger charge is -2.39. The van der Waals surface area contributed by atoms with E-state index >= 15 is 0 Å². The summed E-state index contributed by atoms with van der Waals surface area (Å²) in [5, 5.41) is 0. The molecular formula is C16H25NOS. The van der Waals surface area contributed by atoms with E-state index in [4.69, 9.17) is 4.74 Å². The van der Waals surface area contributed by atoms with Crippen LogP contribution in [0.5, 0.6) is 0 Å². The second kappa shape index (κ2) is 6.78. The minimum absolute atomic E-state index is 0.334. The molecule has 0 aromatic heterocycles. The molecule has 1 aromatic rings. The predicted octanol–water partition coefficient (Wildman–Crippen LogP) is 3.15. The van der Waals surface area contributed by atoms with Gasteiger partial charge < -0.3 is 9.64 Å². The Balaban J connectivity index is 1.92. The highest BCUT2D eigenvalue weighted by atomic mass is 32.1. The van der Waals surface area contributed by atoms with Gasteiger partial charge >= 0.3 is 0 Å². The number of ether oxygens (including phenoxy) is 1. The first kappa shape index (κ1) is 14.9. The molecule has 2 nitrogen and oxygen atoms in total. The lowest BCUT2D eigenvalue weighted by Crippen LogP contribution is -2.41. The summed E-state index contributed by atoms with van der Waals surface area (Å²) in [6.07, 6.45) is 2.27. The molecule has 1 fully saturated rings. The standard InChI is InChI=1S/C16H25NOS/c1-14-3-5-15(6-4-14)11-17(2)12-16(13-19)7-9-18-10-8-16/h3-6,19H,7-13H2,1-2H3. The highest BCUT2D eigenvalue weighted by Gasteiger charge is 2.32. The normalized spacial score (nSPS) is 18.7. The first-order valence-corrected chi connectivity index (χ1v) is 7.69. The molecule has 0 atom stereocenters. The van der Waals surface area contributed by atoms with Crippen LogP contribution in [0.2, 0.25) is 0 Å². The molecule has 0 saturated carbocycles. The molecule has 0 unspecified atom stereocenters. The molecule has 0 aliphatic carbocycles. The third-order valence-electron chi connectivity index (χ3n) is 4.07. The zero-order valence-electron chi connectivity index (χ0n) is 12.1. The number of aryl methyl sites for hydroxylation is 1. The third-order valence-corrected chi connectivity index (χ3v) is 4.74. The largest absolute Gasteiger partial charge is 0.381 e. The summed E-state index contributed by atoms with van der Waals surface area (Å²) >= 11 is 4.58. The summed E-state index contributed by atoms with van der Waals surface area (Å²) in [5.74, 6) is 0.953. The first-order chi connectivity index (χ1) is 9.13. The fourth-order valence-corrected chi connectivity index (χ4v) is 3.22. The van der Waals surface area contributed by atoms with Gasteiger partial charge in [-0.2, -0.15) is 12.6 Å². The van der Waals surface area contributed by atoms with Crippen molar-refractivity contribution in [1.29, 1.82) is 0 Å². The maximum absolute atomic E-state index is 5.49. The van der Waals surface area contributed by atoms with Crippen molar-refractivity contribution in [3.05, 3.63) is 35.4 Å². The molecule has 106 valence electrons. The van der Waals surface area contributed by atoms with E-state index in [-0.39, 0.29) is 0 Å². The van der Waals surface area contributed by atoms with Crippen LogP contribution in [0.25, 0.3) is 0 Å². The summed E-state index contributed by atoms with van der Waals surface area (Å²) in [6.45, 7) is 6.02. The predicted molar refractivity (Wildman–Crippen MR) is 83.9 cm³/mol. The Labute approximate surface area is 122 Å². The van der Waals surface area contributed by atoms with E-state index in [1.54, 1.807) is 0 Å². The second-order valence-electron chi connectivity index (χ2n) is 5.93. The zero-order chi connectivity index (χ0) is 13.7. The Morgan fingerprint density at radius 1 is 1.21 bits per heavy atom. The first-order valence-electron chi connectivity index (χ1n) is 7.06. The van der Waals surface area contributed by atoms with Crippen LogP contribution in [0.4, 0.5) is 0 Å². The Hall–Kier alpha value is -0.510.